The fraction of sp³-hybridized carbons (Fsp3) is 0.200. The molecule has 5 nitrogen and oxygen atoms in total. The van der Waals surface area contributed by atoms with Gasteiger partial charge in [-0.05, 0) is 32.0 Å². The minimum absolute atomic E-state index is 0.0926. The van der Waals surface area contributed by atoms with Gasteiger partial charge in [0.05, 0.1) is 24.9 Å². The van der Waals surface area contributed by atoms with Crippen molar-refractivity contribution in [2.45, 2.75) is 20.4 Å². The Balaban J connectivity index is 1.94. The maximum absolute atomic E-state index is 12.8. The number of methoxy groups -OCH3 is 1. The second kappa shape index (κ2) is 7.21. The normalized spacial score (nSPS) is 11.6. The van der Waals surface area contributed by atoms with Crippen LogP contribution in [0.2, 0.25) is 0 Å². The minimum Gasteiger partial charge on any atom is -0.496 e. The fourth-order valence-corrected chi connectivity index (χ4v) is 2.85. The van der Waals surface area contributed by atoms with Gasteiger partial charge in [0.25, 0.3) is 5.56 Å². The van der Waals surface area contributed by atoms with Crippen LogP contribution in [0.25, 0.3) is 5.69 Å². The van der Waals surface area contributed by atoms with Crippen molar-refractivity contribution in [2.75, 3.05) is 7.11 Å². The van der Waals surface area contributed by atoms with E-state index in [0.29, 0.717) is 17.8 Å². The van der Waals surface area contributed by atoms with Crippen LogP contribution in [-0.2, 0) is 6.54 Å². The molecule has 0 aliphatic rings. The molecule has 0 spiro atoms. The Labute approximate surface area is 146 Å². The van der Waals surface area contributed by atoms with Crippen LogP contribution in [0.4, 0.5) is 0 Å². The Hall–Kier alpha value is -3.08. The zero-order chi connectivity index (χ0) is 17.8. The summed E-state index contributed by atoms with van der Waals surface area (Å²) in [5.74, 6) is 0.798. The largest absolute Gasteiger partial charge is 0.496 e. The van der Waals surface area contributed by atoms with Crippen molar-refractivity contribution >= 4 is 5.71 Å². The van der Waals surface area contributed by atoms with Crippen LogP contribution in [0.5, 0.6) is 5.75 Å². The highest BCUT2D eigenvalue weighted by Gasteiger charge is 2.14. The molecule has 1 N–H and O–H groups in total. The van der Waals surface area contributed by atoms with Crippen molar-refractivity contribution in [3.63, 3.8) is 0 Å². The van der Waals surface area contributed by atoms with Crippen molar-refractivity contribution in [1.82, 2.24) is 9.78 Å². The van der Waals surface area contributed by atoms with Crippen molar-refractivity contribution in [1.29, 1.82) is 0 Å². The molecule has 0 radical (unpaired) electrons. The summed E-state index contributed by atoms with van der Waals surface area (Å²) in [6.45, 7) is 4.21. The summed E-state index contributed by atoms with van der Waals surface area (Å²) in [6, 6.07) is 17.3. The van der Waals surface area contributed by atoms with Crippen LogP contribution in [-0.4, -0.2) is 22.6 Å². The topological polar surface area (TPSA) is 59.4 Å². The van der Waals surface area contributed by atoms with Gasteiger partial charge >= 0.3 is 0 Å². The monoisotopic (exact) mass is 335 g/mol. The number of nitrogens with zero attached hydrogens (tertiary/aromatic N) is 2. The lowest BCUT2D eigenvalue weighted by Crippen LogP contribution is -2.19. The van der Waals surface area contributed by atoms with E-state index in [2.05, 4.69) is 10.1 Å². The molecule has 128 valence electrons. The molecule has 1 aromatic heterocycles. The first-order valence-corrected chi connectivity index (χ1v) is 8.12. The molecule has 3 aromatic rings. The number of H-pyrrole nitrogens is 1. The summed E-state index contributed by atoms with van der Waals surface area (Å²) in [5, 5.41) is 3.13. The summed E-state index contributed by atoms with van der Waals surface area (Å²) in [4.78, 5) is 17.4. The molecule has 0 saturated carbocycles. The summed E-state index contributed by atoms with van der Waals surface area (Å²) in [5.41, 5.74) is 3.82. The Kier molecular flexibility index (Phi) is 4.84. The molecule has 0 aliphatic carbocycles. The van der Waals surface area contributed by atoms with Gasteiger partial charge < -0.3 is 4.74 Å². The second-order valence-corrected chi connectivity index (χ2v) is 5.80. The van der Waals surface area contributed by atoms with Gasteiger partial charge in [0.1, 0.15) is 5.75 Å². The first-order valence-electron chi connectivity index (χ1n) is 8.12. The molecule has 0 bridgehead atoms. The molecule has 0 fully saturated rings. The third-order valence-electron chi connectivity index (χ3n) is 4.13. The van der Waals surface area contributed by atoms with Crippen molar-refractivity contribution < 1.29 is 4.74 Å². The number of hydrogen-bond donors (Lipinski definition) is 1. The highest BCUT2D eigenvalue weighted by Crippen LogP contribution is 2.18. The summed E-state index contributed by atoms with van der Waals surface area (Å²) in [6.07, 6.45) is 0. The third kappa shape index (κ3) is 3.40. The molecule has 5 heteroatoms. The number of nitrogens with one attached hydrogen (secondary N) is 1. The van der Waals surface area contributed by atoms with Crippen molar-refractivity contribution in [3.8, 4) is 11.4 Å². The Morgan fingerprint density at radius 1 is 1.12 bits per heavy atom. The van der Waals surface area contributed by atoms with Crippen molar-refractivity contribution in [3.05, 3.63) is 81.8 Å². The summed E-state index contributed by atoms with van der Waals surface area (Å²) >= 11 is 0. The van der Waals surface area contributed by atoms with Gasteiger partial charge in [-0.25, -0.2) is 4.68 Å². The van der Waals surface area contributed by atoms with E-state index in [9.17, 15) is 4.79 Å². The van der Waals surface area contributed by atoms with E-state index in [1.54, 1.807) is 11.8 Å². The van der Waals surface area contributed by atoms with Gasteiger partial charge in [-0.15, -0.1) is 0 Å². The van der Waals surface area contributed by atoms with Gasteiger partial charge in [0, 0.05) is 17.0 Å². The SMILES string of the molecule is COc1ccccc1CN=C(C)c1c(C)[nH]n(-c2ccccc2)c1=O. The van der Waals surface area contributed by atoms with Crippen LogP contribution in [0.3, 0.4) is 0 Å². The summed E-state index contributed by atoms with van der Waals surface area (Å²) in [7, 11) is 1.64. The zero-order valence-corrected chi connectivity index (χ0v) is 14.6. The van der Waals surface area contributed by atoms with Gasteiger partial charge in [-0.2, -0.15) is 0 Å². The average molecular weight is 335 g/mol. The molecular formula is C20H21N3O2. The van der Waals surface area contributed by atoms with Gasteiger partial charge in [0.2, 0.25) is 0 Å². The fourth-order valence-electron chi connectivity index (χ4n) is 2.85. The second-order valence-electron chi connectivity index (χ2n) is 5.80. The molecule has 2 aromatic carbocycles. The molecule has 0 saturated heterocycles. The lowest BCUT2D eigenvalue weighted by Gasteiger charge is -2.06. The highest BCUT2D eigenvalue weighted by atomic mass is 16.5. The van der Waals surface area contributed by atoms with Crippen molar-refractivity contribution in [2.24, 2.45) is 4.99 Å². The number of para-hydroxylation sites is 2. The third-order valence-corrected chi connectivity index (χ3v) is 4.13. The van der Waals surface area contributed by atoms with E-state index in [-0.39, 0.29) is 5.56 Å². The lowest BCUT2D eigenvalue weighted by atomic mass is 10.1. The molecule has 0 unspecified atom stereocenters. The quantitative estimate of drug-likeness (QED) is 0.726. The van der Waals surface area contributed by atoms with E-state index in [0.717, 1.165) is 22.7 Å². The van der Waals surface area contributed by atoms with Crippen LogP contribution in [0.15, 0.2) is 64.4 Å². The molecule has 1 heterocycles. The van der Waals surface area contributed by atoms with E-state index in [4.69, 9.17) is 4.74 Å². The van der Waals surface area contributed by atoms with Crippen LogP contribution in [0.1, 0.15) is 23.7 Å². The number of aryl methyl sites for hydroxylation is 1. The number of hydrogen-bond acceptors (Lipinski definition) is 3. The number of aromatic amines is 1. The Morgan fingerprint density at radius 2 is 1.80 bits per heavy atom. The first-order chi connectivity index (χ1) is 12.1. The number of ether oxygens (including phenoxy) is 1. The van der Waals surface area contributed by atoms with E-state index in [1.165, 1.54) is 0 Å². The predicted octanol–water partition coefficient (Wildman–Crippen LogP) is 3.49. The van der Waals surface area contributed by atoms with Crippen LogP contribution >= 0.6 is 0 Å². The highest BCUT2D eigenvalue weighted by molar-refractivity contribution is 5.99. The van der Waals surface area contributed by atoms with Gasteiger partial charge in [0.15, 0.2) is 0 Å². The Bertz CT molecular complexity index is 953. The molecular weight excluding hydrogens is 314 g/mol. The number of rotatable bonds is 5. The lowest BCUT2D eigenvalue weighted by molar-refractivity contribution is 0.410. The van der Waals surface area contributed by atoms with Crippen LogP contribution in [0, 0.1) is 6.92 Å². The number of aliphatic imine (C=N–C) groups is 1. The molecule has 0 amide bonds. The van der Waals surface area contributed by atoms with E-state index in [1.807, 2.05) is 68.4 Å². The molecule has 0 atom stereocenters. The Morgan fingerprint density at radius 3 is 2.52 bits per heavy atom. The summed E-state index contributed by atoms with van der Waals surface area (Å²) < 4.78 is 6.90. The number of aromatic nitrogens is 2. The number of benzene rings is 2. The molecule has 25 heavy (non-hydrogen) atoms. The maximum Gasteiger partial charge on any atom is 0.280 e. The standard InChI is InChI=1S/C20H21N3O2/c1-14(21-13-16-9-7-8-12-18(16)25-3)19-15(2)22-23(20(19)24)17-10-5-4-6-11-17/h4-12,22H,13H2,1-3H3. The van der Waals surface area contributed by atoms with Crippen LogP contribution < -0.4 is 10.3 Å². The maximum atomic E-state index is 12.8. The van der Waals surface area contributed by atoms with E-state index >= 15 is 0 Å². The zero-order valence-electron chi connectivity index (χ0n) is 14.6. The van der Waals surface area contributed by atoms with Gasteiger partial charge in [-0.3, -0.25) is 14.9 Å². The first kappa shape index (κ1) is 16.8. The predicted molar refractivity (Wildman–Crippen MR) is 100 cm³/mol. The van der Waals surface area contributed by atoms with Gasteiger partial charge in [-0.1, -0.05) is 36.4 Å². The van der Waals surface area contributed by atoms with E-state index < -0.39 is 0 Å². The minimum atomic E-state index is -0.0926. The molecule has 3 rings (SSSR count). The molecule has 0 aliphatic heterocycles. The smallest absolute Gasteiger partial charge is 0.280 e. The average Bonchev–Trinajstić information content (AvgIpc) is 2.95.